The van der Waals surface area contributed by atoms with Gasteiger partial charge in [-0.05, 0) is 25.0 Å². The Balaban J connectivity index is 1.71. The third kappa shape index (κ3) is 3.94. The zero-order valence-electron chi connectivity index (χ0n) is 18.0. The van der Waals surface area contributed by atoms with Gasteiger partial charge in [0.2, 0.25) is 0 Å². The Hall–Kier alpha value is -3.16. The summed E-state index contributed by atoms with van der Waals surface area (Å²) in [5.41, 5.74) is 1.82. The van der Waals surface area contributed by atoms with Crippen molar-refractivity contribution in [2.24, 2.45) is 0 Å². The highest BCUT2D eigenvalue weighted by Gasteiger charge is 2.24. The molecule has 8 heteroatoms. The molecule has 0 bridgehead atoms. The van der Waals surface area contributed by atoms with Crippen molar-refractivity contribution in [3.8, 4) is 5.69 Å². The second kappa shape index (κ2) is 8.69. The number of carbonyl (C=O) groups is 1. The van der Waals surface area contributed by atoms with Crippen molar-refractivity contribution in [1.82, 2.24) is 29.5 Å². The summed E-state index contributed by atoms with van der Waals surface area (Å²) in [6.45, 7) is 5.17. The standard InChI is InChI=1S/C22H29N7O/c1-4-9-19-24-20(27-12-8-13-28(15-14-27)22(30)26(2)3)18-16-23-29(21(18)25-19)17-10-6-5-7-11-17/h5-7,10-11,16H,4,8-9,12-15H2,1-3H3. The van der Waals surface area contributed by atoms with E-state index < -0.39 is 0 Å². The molecular weight excluding hydrogens is 378 g/mol. The molecule has 3 heterocycles. The normalized spacial score (nSPS) is 14.8. The number of hydrogen-bond donors (Lipinski definition) is 0. The van der Waals surface area contributed by atoms with Crippen LogP contribution in [0.3, 0.4) is 0 Å². The monoisotopic (exact) mass is 407 g/mol. The van der Waals surface area contributed by atoms with Crippen molar-refractivity contribution < 1.29 is 4.79 Å². The van der Waals surface area contributed by atoms with Gasteiger partial charge >= 0.3 is 6.03 Å². The van der Waals surface area contributed by atoms with Gasteiger partial charge in [-0.25, -0.2) is 19.4 Å². The number of fused-ring (bicyclic) bond motifs is 1. The molecular formula is C22H29N7O. The minimum Gasteiger partial charge on any atom is -0.354 e. The molecule has 0 radical (unpaired) electrons. The number of urea groups is 1. The van der Waals surface area contributed by atoms with Crippen LogP contribution < -0.4 is 4.90 Å². The molecule has 2 aromatic heterocycles. The minimum absolute atomic E-state index is 0.0632. The number of carbonyl (C=O) groups excluding carboxylic acids is 1. The average molecular weight is 408 g/mol. The summed E-state index contributed by atoms with van der Waals surface area (Å²) in [4.78, 5) is 28.0. The van der Waals surface area contributed by atoms with E-state index >= 15 is 0 Å². The first kappa shape index (κ1) is 20.1. The average Bonchev–Trinajstić information content (AvgIpc) is 3.02. The fourth-order valence-electron chi connectivity index (χ4n) is 3.88. The van der Waals surface area contributed by atoms with E-state index in [0.29, 0.717) is 6.54 Å². The van der Waals surface area contributed by atoms with Crippen LogP contribution in [-0.4, -0.2) is 75.9 Å². The van der Waals surface area contributed by atoms with Crippen LogP contribution in [0.4, 0.5) is 10.6 Å². The Morgan fingerprint density at radius 1 is 1.07 bits per heavy atom. The number of benzene rings is 1. The smallest absolute Gasteiger partial charge is 0.319 e. The lowest BCUT2D eigenvalue weighted by molar-refractivity contribution is 0.174. The minimum atomic E-state index is 0.0632. The van der Waals surface area contributed by atoms with Crippen LogP contribution in [0.1, 0.15) is 25.6 Å². The molecule has 0 saturated carbocycles. The second-order valence-corrected chi connectivity index (χ2v) is 7.85. The van der Waals surface area contributed by atoms with Gasteiger partial charge in [-0.3, -0.25) is 0 Å². The Bertz CT molecular complexity index is 1020. The Kier molecular flexibility index (Phi) is 5.83. The first-order valence-electron chi connectivity index (χ1n) is 10.6. The summed E-state index contributed by atoms with van der Waals surface area (Å²) in [6, 6.07) is 10.1. The van der Waals surface area contributed by atoms with Crippen molar-refractivity contribution in [2.75, 3.05) is 45.2 Å². The number of nitrogens with zero attached hydrogens (tertiary/aromatic N) is 7. The van der Waals surface area contributed by atoms with Crippen molar-refractivity contribution in [2.45, 2.75) is 26.2 Å². The van der Waals surface area contributed by atoms with E-state index in [4.69, 9.17) is 9.97 Å². The Labute approximate surface area is 177 Å². The zero-order chi connectivity index (χ0) is 21.1. The van der Waals surface area contributed by atoms with Gasteiger partial charge in [0.1, 0.15) is 11.6 Å². The van der Waals surface area contributed by atoms with Gasteiger partial charge in [0.05, 0.1) is 17.3 Å². The summed E-state index contributed by atoms with van der Waals surface area (Å²) in [7, 11) is 3.60. The van der Waals surface area contributed by atoms with Gasteiger partial charge in [-0.2, -0.15) is 5.10 Å². The maximum absolute atomic E-state index is 12.4. The molecule has 1 fully saturated rings. The SMILES string of the molecule is CCCc1nc(N2CCCN(C(=O)N(C)C)CC2)c2cnn(-c3ccccc3)c2n1. The summed E-state index contributed by atoms with van der Waals surface area (Å²) in [5, 5.41) is 5.58. The molecule has 2 amide bonds. The number of anilines is 1. The van der Waals surface area contributed by atoms with Crippen LogP contribution in [0, 0.1) is 0 Å². The van der Waals surface area contributed by atoms with E-state index in [-0.39, 0.29) is 6.03 Å². The fourth-order valence-corrected chi connectivity index (χ4v) is 3.88. The van der Waals surface area contributed by atoms with E-state index in [1.54, 1.807) is 19.0 Å². The van der Waals surface area contributed by atoms with Crippen molar-refractivity contribution in [3.63, 3.8) is 0 Å². The molecule has 1 saturated heterocycles. The second-order valence-electron chi connectivity index (χ2n) is 7.85. The number of hydrogen-bond acceptors (Lipinski definition) is 5. The molecule has 0 aliphatic carbocycles. The molecule has 8 nitrogen and oxygen atoms in total. The largest absolute Gasteiger partial charge is 0.354 e. The highest BCUT2D eigenvalue weighted by atomic mass is 16.2. The molecule has 0 atom stereocenters. The highest BCUT2D eigenvalue weighted by Crippen LogP contribution is 2.27. The summed E-state index contributed by atoms with van der Waals surface area (Å²) < 4.78 is 1.89. The summed E-state index contributed by atoms with van der Waals surface area (Å²) >= 11 is 0. The molecule has 0 N–H and O–H groups in total. The van der Waals surface area contributed by atoms with Crippen LogP contribution in [0.25, 0.3) is 16.7 Å². The molecule has 1 aliphatic rings. The fraction of sp³-hybridized carbons (Fsp3) is 0.455. The first-order chi connectivity index (χ1) is 14.6. The molecule has 4 rings (SSSR count). The predicted molar refractivity (Wildman–Crippen MR) is 118 cm³/mol. The molecule has 1 aromatic carbocycles. The zero-order valence-corrected chi connectivity index (χ0v) is 18.0. The third-order valence-corrected chi connectivity index (χ3v) is 5.38. The first-order valence-corrected chi connectivity index (χ1v) is 10.6. The Morgan fingerprint density at radius 3 is 2.60 bits per heavy atom. The van der Waals surface area contributed by atoms with Crippen LogP contribution in [0.5, 0.6) is 0 Å². The van der Waals surface area contributed by atoms with Crippen molar-refractivity contribution in [1.29, 1.82) is 0 Å². The maximum atomic E-state index is 12.4. The summed E-state index contributed by atoms with van der Waals surface area (Å²) in [5.74, 6) is 1.76. The van der Waals surface area contributed by atoms with Crippen LogP contribution >= 0.6 is 0 Å². The predicted octanol–water partition coefficient (Wildman–Crippen LogP) is 2.96. The van der Waals surface area contributed by atoms with Gasteiger partial charge in [-0.15, -0.1) is 0 Å². The van der Waals surface area contributed by atoms with E-state index in [1.165, 1.54) is 0 Å². The van der Waals surface area contributed by atoms with Crippen LogP contribution in [-0.2, 0) is 6.42 Å². The lowest BCUT2D eigenvalue weighted by atomic mass is 10.2. The molecule has 0 spiro atoms. The number of para-hydroxylation sites is 1. The van der Waals surface area contributed by atoms with Crippen molar-refractivity contribution >= 4 is 22.9 Å². The number of amides is 2. The van der Waals surface area contributed by atoms with Gasteiger partial charge in [-0.1, -0.05) is 25.1 Å². The van der Waals surface area contributed by atoms with E-state index in [9.17, 15) is 4.79 Å². The molecule has 3 aromatic rings. The Morgan fingerprint density at radius 2 is 1.87 bits per heavy atom. The quantitative estimate of drug-likeness (QED) is 0.665. The third-order valence-electron chi connectivity index (χ3n) is 5.38. The maximum Gasteiger partial charge on any atom is 0.319 e. The van der Waals surface area contributed by atoms with Crippen molar-refractivity contribution in [3.05, 3.63) is 42.4 Å². The molecule has 1 aliphatic heterocycles. The van der Waals surface area contributed by atoms with Crippen LogP contribution in [0.2, 0.25) is 0 Å². The molecule has 30 heavy (non-hydrogen) atoms. The van der Waals surface area contributed by atoms with Gasteiger partial charge < -0.3 is 14.7 Å². The summed E-state index contributed by atoms with van der Waals surface area (Å²) in [6.07, 6.45) is 4.57. The number of rotatable bonds is 4. The number of aromatic nitrogens is 4. The lowest BCUT2D eigenvalue weighted by Crippen LogP contribution is -2.41. The van der Waals surface area contributed by atoms with E-state index in [2.05, 4.69) is 16.9 Å². The van der Waals surface area contributed by atoms with Gasteiger partial charge in [0.15, 0.2) is 5.65 Å². The highest BCUT2D eigenvalue weighted by molar-refractivity contribution is 5.88. The van der Waals surface area contributed by atoms with E-state index in [0.717, 1.165) is 67.3 Å². The number of aryl methyl sites for hydroxylation is 1. The van der Waals surface area contributed by atoms with E-state index in [1.807, 2.05) is 46.1 Å². The van der Waals surface area contributed by atoms with Gasteiger partial charge in [0, 0.05) is 46.7 Å². The van der Waals surface area contributed by atoms with Crippen LogP contribution in [0.15, 0.2) is 36.5 Å². The molecule has 158 valence electrons. The topological polar surface area (TPSA) is 70.4 Å². The van der Waals surface area contributed by atoms with Gasteiger partial charge in [0.25, 0.3) is 0 Å². The molecule has 0 unspecified atom stereocenters. The lowest BCUT2D eigenvalue weighted by Gasteiger charge is -2.25.